The van der Waals surface area contributed by atoms with Crippen molar-refractivity contribution in [2.24, 2.45) is 12.0 Å². The summed E-state index contributed by atoms with van der Waals surface area (Å²) < 4.78 is 3.21. The van der Waals surface area contributed by atoms with Crippen molar-refractivity contribution in [2.75, 3.05) is 13.6 Å². The number of hydrogen-bond donors (Lipinski definition) is 2. The van der Waals surface area contributed by atoms with Gasteiger partial charge in [-0.05, 0) is 51.3 Å². The molecule has 3 rings (SSSR count). The van der Waals surface area contributed by atoms with Crippen molar-refractivity contribution in [1.29, 1.82) is 0 Å². The average Bonchev–Trinajstić information content (AvgIpc) is 3.19. The maximum Gasteiger partial charge on any atom is 0.191 e. The van der Waals surface area contributed by atoms with Crippen LogP contribution in [0, 0.1) is 13.8 Å². The molecule has 2 N–H and O–H groups in total. The minimum atomic E-state index is 0. The quantitative estimate of drug-likeness (QED) is 0.212. The number of benzene rings is 1. The molecule has 0 aliphatic heterocycles. The predicted molar refractivity (Wildman–Crippen MR) is 134 cm³/mol. The van der Waals surface area contributed by atoms with Gasteiger partial charge in [-0.25, -0.2) is 4.98 Å². The number of halogens is 1. The topological polar surface area (TPSA) is 67.1 Å². The molecule has 0 fully saturated rings. The van der Waals surface area contributed by atoms with Gasteiger partial charge in [-0.15, -0.1) is 35.3 Å². The molecular formula is C21H31IN6S. The maximum atomic E-state index is 4.70. The van der Waals surface area contributed by atoms with Gasteiger partial charge in [-0.1, -0.05) is 12.1 Å². The molecule has 0 saturated carbocycles. The molecule has 29 heavy (non-hydrogen) atoms. The highest BCUT2D eigenvalue weighted by Crippen LogP contribution is 2.22. The zero-order valence-corrected chi connectivity index (χ0v) is 21.0. The summed E-state index contributed by atoms with van der Waals surface area (Å²) in [6.45, 7) is 7.24. The Kier molecular flexibility index (Phi) is 8.88. The van der Waals surface area contributed by atoms with E-state index in [0.717, 1.165) is 43.0 Å². The third-order valence-electron chi connectivity index (χ3n) is 4.97. The molecule has 2 aromatic heterocycles. The lowest BCUT2D eigenvalue weighted by molar-refractivity contribution is 0.631. The summed E-state index contributed by atoms with van der Waals surface area (Å²) in [4.78, 5) is 9.06. The molecule has 8 heteroatoms. The number of guanidine groups is 1. The van der Waals surface area contributed by atoms with Crippen LogP contribution in [0.5, 0.6) is 0 Å². The highest BCUT2D eigenvalue weighted by Gasteiger charge is 2.14. The van der Waals surface area contributed by atoms with E-state index >= 15 is 0 Å². The first-order valence-electron chi connectivity index (χ1n) is 9.78. The van der Waals surface area contributed by atoms with Crippen LogP contribution < -0.4 is 10.6 Å². The van der Waals surface area contributed by atoms with E-state index in [4.69, 9.17) is 4.98 Å². The Labute approximate surface area is 194 Å². The number of fused-ring (bicyclic) bond motifs is 1. The molecule has 0 saturated heterocycles. The Hall–Kier alpha value is -1.68. The van der Waals surface area contributed by atoms with E-state index in [1.54, 1.807) is 11.3 Å². The summed E-state index contributed by atoms with van der Waals surface area (Å²) in [6, 6.07) is 8.59. The second kappa shape index (κ2) is 10.9. The van der Waals surface area contributed by atoms with Crippen LogP contribution in [-0.2, 0) is 19.9 Å². The molecule has 2 heterocycles. The van der Waals surface area contributed by atoms with Crippen LogP contribution in [0.15, 0.2) is 29.3 Å². The van der Waals surface area contributed by atoms with Crippen molar-refractivity contribution in [3.8, 4) is 0 Å². The molecule has 3 aromatic rings. The van der Waals surface area contributed by atoms with Crippen LogP contribution in [0.3, 0.4) is 0 Å². The lowest BCUT2D eigenvalue weighted by Gasteiger charge is -2.18. The first-order chi connectivity index (χ1) is 13.5. The summed E-state index contributed by atoms with van der Waals surface area (Å²) in [7, 11) is 3.81. The van der Waals surface area contributed by atoms with E-state index < -0.39 is 0 Å². The van der Waals surface area contributed by atoms with E-state index in [9.17, 15) is 0 Å². The van der Waals surface area contributed by atoms with Gasteiger partial charge in [0.05, 0.1) is 20.9 Å². The van der Waals surface area contributed by atoms with Crippen molar-refractivity contribution in [2.45, 2.75) is 46.1 Å². The second-order valence-electron chi connectivity index (χ2n) is 7.20. The Morgan fingerprint density at radius 1 is 1.28 bits per heavy atom. The number of hydrogen-bond acceptors (Lipinski definition) is 4. The number of aromatic nitrogens is 3. The average molecular weight is 526 g/mol. The van der Waals surface area contributed by atoms with E-state index in [0.29, 0.717) is 0 Å². The molecule has 158 valence electrons. The van der Waals surface area contributed by atoms with Crippen molar-refractivity contribution in [1.82, 2.24) is 25.4 Å². The van der Waals surface area contributed by atoms with Crippen LogP contribution in [0.2, 0.25) is 0 Å². The fourth-order valence-corrected chi connectivity index (χ4v) is 4.38. The Morgan fingerprint density at radius 2 is 2.03 bits per heavy atom. The molecular weight excluding hydrogens is 495 g/mol. The lowest BCUT2D eigenvalue weighted by Crippen LogP contribution is -2.43. The van der Waals surface area contributed by atoms with E-state index in [2.05, 4.69) is 59.7 Å². The maximum absolute atomic E-state index is 4.70. The lowest BCUT2D eigenvalue weighted by atomic mass is 10.1. The third-order valence-corrected chi connectivity index (χ3v) is 6.07. The third kappa shape index (κ3) is 6.15. The van der Waals surface area contributed by atoms with Gasteiger partial charge >= 0.3 is 0 Å². The zero-order chi connectivity index (χ0) is 20.1. The molecule has 0 spiro atoms. The largest absolute Gasteiger partial charge is 0.356 e. The first-order valence-corrected chi connectivity index (χ1v) is 10.6. The number of thiazole rings is 1. The van der Waals surface area contributed by atoms with Crippen LogP contribution >= 0.6 is 35.3 Å². The minimum Gasteiger partial charge on any atom is -0.356 e. The Balaban J connectivity index is 0.00000300. The SMILES string of the molecule is CN=C(NCCCc1nc2ccccc2s1)NC(C)Cc1c(C)nn(C)c1C.I. The van der Waals surface area contributed by atoms with Crippen molar-refractivity contribution >= 4 is 51.5 Å². The number of nitrogens with one attached hydrogen (secondary N) is 2. The molecule has 0 radical (unpaired) electrons. The summed E-state index contributed by atoms with van der Waals surface area (Å²) in [5, 5.41) is 12.6. The summed E-state index contributed by atoms with van der Waals surface area (Å²) >= 11 is 1.79. The fraction of sp³-hybridized carbons (Fsp3) is 0.476. The fourth-order valence-electron chi connectivity index (χ4n) is 3.37. The summed E-state index contributed by atoms with van der Waals surface area (Å²) in [6.07, 6.45) is 2.93. The number of aliphatic imine (C=N–C) groups is 1. The van der Waals surface area contributed by atoms with Gasteiger partial charge in [-0.3, -0.25) is 9.67 Å². The van der Waals surface area contributed by atoms with Gasteiger partial charge in [-0.2, -0.15) is 5.10 Å². The van der Waals surface area contributed by atoms with Crippen molar-refractivity contribution in [3.63, 3.8) is 0 Å². The van der Waals surface area contributed by atoms with Gasteiger partial charge in [0.1, 0.15) is 0 Å². The molecule has 1 aromatic carbocycles. The van der Waals surface area contributed by atoms with Crippen LogP contribution in [0.25, 0.3) is 10.2 Å². The predicted octanol–water partition coefficient (Wildman–Crippen LogP) is 3.99. The molecule has 0 amide bonds. The summed E-state index contributed by atoms with van der Waals surface area (Å²) in [5.41, 5.74) is 4.74. The van der Waals surface area contributed by atoms with Gasteiger partial charge in [0, 0.05) is 38.8 Å². The number of rotatable bonds is 7. The number of para-hydroxylation sites is 1. The van der Waals surface area contributed by atoms with Gasteiger partial charge in [0.15, 0.2) is 5.96 Å². The highest BCUT2D eigenvalue weighted by atomic mass is 127. The molecule has 1 unspecified atom stereocenters. The van der Waals surface area contributed by atoms with E-state index in [-0.39, 0.29) is 30.0 Å². The van der Waals surface area contributed by atoms with E-state index in [1.807, 2.05) is 24.8 Å². The Morgan fingerprint density at radius 3 is 2.69 bits per heavy atom. The van der Waals surface area contributed by atoms with Gasteiger partial charge in [0.2, 0.25) is 0 Å². The molecule has 0 bridgehead atoms. The van der Waals surface area contributed by atoms with Crippen LogP contribution in [0.4, 0.5) is 0 Å². The van der Waals surface area contributed by atoms with Crippen LogP contribution in [-0.4, -0.2) is 40.4 Å². The summed E-state index contributed by atoms with van der Waals surface area (Å²) in [5.74, 6) is 0.844. The molecule has 0 aliphatic rings. The zero-order valence-electron chi connectivity index (χ0n) is 17.8. The number of aryl methyl sites for hydroxylation is 3. The van der Waals surface area contributed by atoms with Crippen molar-refractivity contribution in [3.05, 3.63) is 46.2 Å². The standard InChI is InChI=1S/C21H30N6S.HI/c1-14(13-17-15(2)26-27(5)16(17)3)24-21(22-4)23-12-8-11-20-25-18-9-6-7-10-19(18)28-20;/h6-7,9-10,14H,8,11-13H2,1-5H3,(H2,22,23,24);1H. The second-order valence-corrected chi connectivity index (χ2v) is 8.32. The smallest absolute Gasteiger partial charge is 0.191 e. The van der Waals surface area contributed by atoms with Gasteiger partial charge in [0.25, 0.3) is 0 Å². The van der Waals surface area contributed by atoms with Crippen molar-refractivity contribution < 1.29 is 0 Å². The van der Waals surface area contributed by atoms with Crippen LogP contribution in [0.1, 0.15) is 35.3 Å². The van der Waals surface area contributed by atoms with E-state index in [1.165, 1.54) is 21.0 Å². The normalized spacial score (nSPS) is 12.7. The minimum absolute atomic E-state index is 0. The Bertz CT molecular complexity index is 928. The molecule has 0 aliphatic carbocycles. The first kappa shape index (κ1) is 23.6. The monoisotopic (exact) mass is 526 g/mol. The molecule has 6 nitrogen and oxygen atoms in total. The highest BCUT2D eigenvalue weighted by molar-refractivity contribution is 14.0. The van der Waals surface area contributed by atoms with Gasteiger partial charge < -0.3 is 10.6 Å². The molecule has 1 atom stereocenters. The number of nitrogens with zero attached hydrogens (tertiary/aromatic N) is 4.